The van der Waals surface area contributed by atoms with E-state index in [1.807, 2.05) is 19.1 Å². The number of aromatic nitrogens is 1. The molecule has 17 heavy (non-hydrogen) atoms. The second-order valence-electron chi connectivity index (χ2n) is 4.11. The maximum absolute atomic E-state index is 11.4. The number of anilines is 1. The molecule has 0 aromatic carbocycles. The number of carbonyl (C=O) groups is 1. The lowest BCUT2D eigenvalue weighted by atomic mass is 10.2. The van der Waals surface area contributed by atoms with Crippen molar-refractivity contribution in [1.82, 2.24) is 10.3 Å². The molecular formula is C12H14N4O. The van der Waals surface area contributed by atoms with E-state index in [1.54, 1.807) is 12.3 Å². The fourth-order valence-corrected chi connectivity index (χ4v) is 1.95. The zero-order valence-electron chi connectivity index (χ0n) is 9.68. The number of amides is 1. The molecule has 2 rings (SSSR count). The van der Waals surface area contributed by atoms with Crippen LogP contribution in [0.2, 0.25) is 0 Å². The summed E-state index contributed by atoms with van der Waals surface area (Å²) in [5.41, 5.74) is 0.547. The fraction of sp³-hybridized carbons (Fsp3) is 0.417. The van der Waals surface area contributed by atoms with Gasteiger partial charge in [0.15, 0.2) is 0 Å². The van der Waals surface area contributed by atoms with Crippen LogP contribution in [0.1, 0.15) is 18.9 Å². The molecule has 1 aromatic heterocycles. The minimum absolute atomic E-state index is 0.0774. The first-order valence-electron chi connectivity index (χ1n) is 5.60. The van der Waals surface area contributed by atoms with Crippen LogP contribution in [0.15, 0.2) is 18.3 Å². The topological polar surface area (TPSA) is 69.0 Å². The summed E-state index contributed by atoms with van der Waals surface area (Å²) in [6, 6.07) is 5.73. The molecule has 2 heterocycles. The zero-order valence-corrected chi connectivity index (χ0v) is 9.68. The normalized spacial score (nSPS) is 20.4. The van der Waals surface area contributed by atoms with Crippen LogP contribution in [0.4, 0.5) is 5.82 Å². The standard InChI is InChI=1S/C12H14N4O/c1-9-6-12(17)14-4-5-16(9)11-3-2-10(7-13)8-15-11/h2-3,8-9H,4-6H2,1H3,(H,14,17). The molecule has 0 bridgehead atoms. The van der Waals surface area contributed by atoms with Gasteiger partial charge in [-0.2, -0.15) is 5.26 Å². The van der Waals surface area contributed by atoms with Gasteiger partial charge in [-0.25, -0.2) is 4.98 Å². The summed E-state index contributed by atoms with van der Waals surface area (Å²) in [6.45, 7) is 3.38. The molecule has 1 aromatic rings. The molecule has 0 spiro atoms. The van der Waals surface area contributed by atoms with Gasteiger partial charge in [-0.15, -0.1) is 0 Å². The summed E-state index contributed by atoms with van der Waals surface area (Å²) in [4.78, 5) is 17.7. The molecule has 88 valence electrons. The number of nitrogens with zero attached hydrogens (tertiary/aromatic N) is 3. The van der Waals surface area contributed by atoms with Gasteiger partial charge in [-0.3, -0.25) is 4.79 Å². The lowest BCUT2D eigenvalue weighted by molar-refractivity contribution is -0.120. The van der Waals surface area contributed by atoms with Crippen molar-refractivity contribution in [2.24, 2.45) is 0 Å². The number of rotatable bonds is 1. The van der Waals surface area contributed by atoms with E-state index in [9.17, 15) is 4.79 Å². The molecule has 1 atom stereocenters. The van der Waals surface area contributed by atoms with E-state index in [1.165, 1.54) is 0 Å². The number of hydrogen-bond acceptors (Lipinski definition) is 4. The van der Waals surface area contributed by atoms with Crippen molar-refractivity contribution in [3.63, 3.8) is 0 Å². The molecule has 1 fully saturated rings. The van der Waals surface area contributed by atoms with E-state index < -0.39 is 0 Å². The third-order valence-electron chi connectivity index (χ3n) is 2.86. The Kier molecular flexibility index (Phi) is 3.24. The van der Waals surface area contributed by atoms with E-state index in [2.05, 4.69) is 15.2 Å². The lowest BCUT2D eigenvalue weighted by Crippen LogP contribution is -2.34. The second kappa shape index (κ2) is 4.83. The van der Waals surface area contributed by atoms with Crippen molar-refractivity contribution >= 4 is 11.7 Å². The number of hydrogen-bond donors (Lipinski definition) is 1. The molecule has 1 amide bonds. The van der Waals surface area contributed by atoms with Crippen LogP contribution in [0.5, 0.6) is 0 Å². The summed E-state index contributed by atoms with van der Waals surface area (Å²) >= 11 is 0. The van der Waals surface area contributed by atoms with Gasteiger partial charge in [-0.1, -0.05) is 0 Å². The van der Waals surface area contributed by atoms with E-state index in [4.69, 9.17) is 5.26 Å². The summed E-state index contributed by atoms with van der Waals surface area (Å²) in [7, 11) is 0. The summed E-state index contributed by atoms with van der Waals surface area (Å²) in [6.07, 6.45) is 2.03. The minimum Gasteiger partial charge on any atom is -0.354 e. The summed E-state index contributed by atoms with van der Waals surface area (Å²) in [5.74, 6) is 0.890. The predicted octanol–water partition coefficient (Wildman–Crippen LogP) is 0.668. The first-order valence-corrected chi connectivity index (χ1v) is 5.60. The Morgan fingerprint density at radius 3 is 3.06 bits per heavy atom. The molecule has 0 saturated carbocycles. The van der Waals surface area contributed by atoms with E-state index >= 15 is 0 Å². The van der Waals surface area contributed by atoms with E-state index in [0.29, 0.717) is 18.5 Å². The highest BCUT2D eigenvalue weighted by atomic mass is 16.1. The molecule has 0 aliphatic carbocycles. The Morgan fingerprint density at radius 2 is 2.41 bits per heavy atom. The number of nitriles is 1. The second-order valence-corrected chi connectivity index (χ2v) is 4.11. The van der Waals surface area contributed by atoms with Crippen molar-refractivity contribution in [3.05, 3.63) is 23.9 Å². The molecule has 0 radical (unpaired) electrons. The van der Waals surface area contributed by atoms with Crippen LogP contribution in [-0.4, -0.2) is 30.0 Å². The maximum atomic E-state index is 11.4. The molecule has 1 aliphatic heterocycles. The first-order chi connectivity index (χ1) is 8.20. The Balaban J connectivity index is 2.19. The van der Waals surface area contributed by atoms with Crippen LogP contribution in [-0.2, 0) is 4.79 Å². The molecular weight excluding hydrogens is 216 g/mol. The summed E-state index contributed by atoms with van der Waals surface area (Å²) < 4.78 is 0. The highest BCUT2D eigenvalue weighted by Crippen LogP contribution is 2.17. The van der Waals surface area contributed by atoms with Gasteiger partial charge in [0.05, 0.1) is 5.56 Å². The molecule has 1 saturated heterocycles. The van der Waals surface area contributed by atoms with E-state index in [-0.39, 0.29) is 11.9 Å². The highest BCUT2D eigenvalue weighted by Gasteiger charge is 2.21. The SMILES string of the molecule is CC1CC(=O)NCCN1c1ccc(C#N)cn1. The number of carbonyl (C=O) groups excluding carboxylic acids is 1. The minimum atomic E-state index is 0.0774. The largest absolute Gasteiger partial charge is 0.354 e. The van der Waals surface area contributed by atoms with Crippen molar-refractivity contribution in [2.45, 2.75) is 19.4 Å². The van der Waals surface area contributed by atoms with Crippen LogP contribution in [0, 0.1) is 11.3 Å². The van der Waals surface area contributed by atoms with Gasteiger partial charge in [0.2, 0.25) is 5.91 Å². The first kappa shape index (κ1) is 11.4. The quantitative estimate of drug-likeness (QED) is 0.769. The van der Waals surface area contributed by atoms with Crippen LogP contribution >= 0.6 is 0 Å². The molecule has 5 heteroatoms. The summed E-state index contributed by atoms with van der Waals surface area (Å²) in [5, 5.41) is 11.5. The molecule has 1 unspecified atom stereocenters. The molecule has 1 N–H and O–H groups in total. The van der Waals surface area contributed by atoms with Crippen molar-refractivity contribution < 1.29 is 4.79 Å². The van der Waals surface area contributed by atoms with Gasteiger partial charge in [0.25, 0.3) is 0 Å². The lowest BCUT2D eigenvalue weighted by Gasteiger charge is -2.27. The van der Waals surface area contributed by atoms with Gasteiger partial charge in [0, 0.05) is 31.7 Å². The Labute approximate surface area is 100 Å². The van der Waals surface area contributed by atoms with Gasteiger partial charge >= 0.3 is 0 Å². The van der Waals surface area contributed by atoms with Crippen LogP contribution in [0.3, 0.4) is 0 Å². The Bertz CT molecular complexity index is 449. The monoisotopic (exact) mass is 230 g/mol. The van der Waals surface area contributed by atoms with Crippen molar-refractivity contribution in [3.8, 4) is 6.07 Å². The Morgan fingerprint density at radius 1 is 1.59 bits per heavy atom. The molecule has 5 nitrogen and oxygen atoms in total. The number of nitrogens with one attached hydrogen (secondary N) is 1. The fourth-order valence-electron chi connectivity index (χ4n) is 1.95. The molecule has 1 aliphatic rings. The zero-order chi connectivity index (χ0) is 12.3. The van der Waals surface area contributed by atoms with Gasteiger partial charge in [0.1, 0.15) is 11.9 Å². The van der Waals surface area contributed by atoms with Crippen LogP contribution in [0.25, 0.3) is 0 Å². The van der Waals surface area contributed by atoms with Gasteiger partial charge < -0.3 is 10.2 Å². The van der Waals surface area contributed by atoms with Crippen molar-refractivity contribution in [2.75, 3.05) is 18.0 Å². The Hall–Kier alpha value is -2.09. The predicted molar refractivity (Wildman–Crippen MR) is 63.4 cm³/mol. The maximum Gasteiger partial charge on any atom is 0.222 e. The third kappa shape index (κ3) is 2.53. The number of pyridine rings is 1. The smallest absolute Gasteiger partial charge is 0.222 e. The average Bonchev–Trinajstić information content (AvgIpc) is 2.50. The van der Waals surface area contributed by atoms with E-state index in [0.717, 1.165) is 12.4 Å². The highest BCUT2D eigenvalue weighted by molar-refractivity contribution is 5.77. The van der Waals surface area contributed by atoms with Crippen molar-refractivity contribution in [1.29, 1.82) is 5.26 Å². The average molecular weight is 230 g/mol. The third-order valence-corrected chi connectivity index (χ3v) is 2.86. The van der Waals surface area contributed by atoms with Crippen LogP contribution < -0.4 is 10.2 Å². The van der Waals surface area contributed by atoms with Gasteiger partial charge in [-0.05, 0) is 19.1 Å².